The Morgan fingerprint density at radius 2 is 1.00 bits per heavy atom. The fourth-order valence-electron chi connectivity index (χ4n) is 1.66. The molecule has 0 N–H and O–H groups in total. The topological polar surface area (TPSA) is 44.4 Å². The number of hydrogen-bond acceptors (Lipinski definition) is 2. The largest absolute Gasteiger partial charge is 0.318 e. The minimum Gasteiger partial charge on any atom is -0.318 e. The number of nitrogens with zero attached hydrogens (tertiary/aromatic N) is 6. The smallest absolute Gasteiger partial charge is 0.246 e. The van der Waals surface area contributed by atoms with Crippen LogP contribution in [0.15, 0.2) is 34.3 Å². The minimum atomic E-state index is -0.336. The van der Waals surface area contributed by atoms with Crippen LogP contribution in [0.4, 0.5) is 0 Å². The maximum atomic E-state index is 4.54. The van der Waals surface area contributed by atoms with Crippen LogP contribution in [0, 0.1) is 0 Å². The van der Waals surface area contributed by atoms with Crippen LogP contribution in [-0.2, 0) is 28.2 Å². The highest BCUT2D eigenvalue weighted by molar-refractivity contribution is 7.34. The van der Waals surface area contributed by atoms with Gasteiger partial charge in [-0.15, -0.1) is 0 Å². The van der Waals surface area contributed by atoms with E-state index >= 15 is 0 Å². The molecule has 0 saturated carbocycles. The molecule has 0 spiro atoms. The average molecular weight is 253 g/mol. The molecule has 0 aliphatic carbocycles. The summed E-state index contributed by atoms with van der Waals surface area (Å²) < 4.78 is 17.1. The van der Waals surface area contributed by atoms with Crippen LogP contribution < -0.4 is 11.2 Å². The van der Waals surface area contributed by atoms with Crippen LogP contribution in [-0.4, -0.2) is 18.3 Å². The fraction of sp³-hybridized carbons (Fsp3) is 0.400. The van der Waals surface area contributed by atoms with Crippen LogP contribution in [0.25, 0.3) is 0 Å². The molecule has 17 heavy (non-hydrogen) atoms. The zero-order valence-corrected chi connectivity index (χ0v) is 11.7. The molecular formula is C10H18N6P+. The van der Waals surface area contributed by atoms with E-state index in [9.17, 15) is 0 Å². The molecule has 0 radical (unpaired) electrons. The average Bonchev–Trinajstić information content (AvgIpc) is 2.77. The Kier molecular flexibility index (Phi) is 3.33. The fourth-order valence-corrected chi connectivity index (χ4v) is 2.65. The molecule has 0 aromatic carbocycles. The molecule has 0 aliphatic rings. The number of rotatable bonds is 2. The van der Waals surface area contributed by atoms with Gasteiger partial charge in [0.05, 0.1) is 0 Å². The lowest BCUT2D eigenvalue weighted by Gasteiger charge is -1.91. The molecule has 2 aromatic heterocycles. The molecule has 7 heteroatoms. The molecular weight excluding hydrogens is 235 g/mol. The molecule has 2 heterocycles. The molecule has 0 bridgehead atoms. The van der Waals surface area contributed by atoms with E-state index in [0.717, 1.165) is 11.2 Å². The van der Waals surface area contributed by atoms with E-state index in [-0.39, 0.29) is 8.88 Å². The van der Waals surface area contributed by atoms with Gasteiger partial charge in [-0.3, -0.25) is 0 Å². The van der Waals surface area contributed by atoms with Crippen LogP contribution in [0.2, 0.25) is 0 Å². The Bertz CT molecular complexity index is 537. The molecule has 92 valence electrons. The van der Waals surface area contributed by atoms with Crippen molar-refractivity contribution in [2.45, 2.75) is 0 Å². The summed E-state index contributed by atoms with van der Waals surface area (Å²) in [5, 5.41) is 0. The predicted octanol–water partition coefficient (Wildman–Crippen LogP) is -0.217. The second-order valence-electron chi connectivity index (χ2n) is 4.01. The summed E-state index contributed by atoms with van der Waals surface area (Å²) in [5.74, 6) is 0. The maximum Gasteiger partial charge on any atom is 0.246 e. The SMILES string of the molecule is Cn1ccn(C)c1=N[PH2+]N=c1n(C)ccn1C. The summed E-state index contributed by atoms with van der Waals surface area (Å²) in [4.78, 5) is 0. The zero-order chi connectivity index (χ0) is 12.4. The summed E-state index contributed by atoms with van der Waals surface area (Å²) in [6, 6.07) is 0. The summed E-state index contributed by atoms with van der Waals surface area (Å²) in [6.07, 6.45) is 7.95. The van der Waals surface area contributed by atoms with Gasteiger partial charge >= 0.3 is 0 Å². The van der Waals surface area contributed by atoms with Crippen molar-refractivity contribution in [2.75, 3.05) is 0 Å². The predicted molar refractivity (Wildman–Crippen MR) is 69.6 cm³/mol. The number of aromatic nitrogens is 4. The van der Waals surface area contributed by atoms with Gasteiger partial charge in [0.25, 0.3) is 0 Å². The highest BCUT2D eigenvalue weighted by atomic mass is 31.1. The van der Waals surface area contributed by atoms with E-state index in [4.69, 9.17) is 0 Å². The Morgan fingerprint density at radius 1 is 0.706 bits per heavy atom. The molecule has 0 aliphatic heterocycles. The lowest BCUT2D eigenvalue weighted by molar-refractivity contribution is 0.748. The standard InChI is InChI=1S/C10H17N6P/c1-13-5-6-14(2)9(13)11-17-12-10-15(3)7-8-16(10)4/h5-8,17H,1-4H3/p+1. The summed E-state index contributed by atoms with van der Waals surface area (Å²) in [5.41, 5.74) is 1.89. The van der Waals surface area contributed by atoms with Gasteiger partial charge in [-0.2, -0.15) is 0 Å². The molecule has 2 rings (SSSR count). The van der Waals surface area contributed by atoms with Crippen molar-refractivity contribution in [3.8, 4) is 0 Å². The second kappa shape index (κ2) is 4.75. The third-order valence-electron chi connectivity index (χ3n) is 2.64. The molecule has 6 nitrogen and oxygen atoms in total. The van der Waals surface area contributed by atoms with E-state index in [1.807, 2.05) is 71.2 Å². The van der Waals surface area contributed by atoms with Crippen molar-refractivity contribution in [2.24, 2.45) is 37.7 Å². The zero-order valence-electron chi connectivity index (χ0n) is 10.6. The minimum absolute atomic E-state index is 0.336. The third-order valence-corrected chi connectivity index (χ3v) is 3.33. The normalized spacial score (nSPS) is 10.6. The van der Waals surface area contributed by atoms with E-state index in [1.54, 1.807) is 0 Å². The molecule has 0 amide bonds. The van der Waals surface area contributed by atoms with Crippen LogP contribution in [0.5, 0.6) is 0 Å². The van der Waals surface area contributed by atoms with Crippen molar-refractivity contribution in [3.63, 3.8) is 0 Å². The lowest BCUT2D eigenvalue weighted by atomic mass is 10.9. The van der Waals surface area contributed by atoms with Gasteiger partial charge in [0, 0.05) is 53.0 Å². The number of hydrogen-bond donors (Lipinski definition) is 0. The first kappa shape index (κ1) is 11.9. The third kappa shape index (κ3) is 2.42. The van der Waals surface area contributed by atoms with Gasteiger partial charge in [-0.05, 0) is 0 Å². The second-order valence-corrected chi connectivity index (χ2v) is 4.76. The van der Waals surface area contributed by atoms with Crippen molar-refractivity contribution < 1.29 is 0 Å². The summed E-state index contributed by atoms with van der Waals surface area (Å²) in [7, 11) is 7.61. The summed E-state index contributed by atoms with van der Waals surface area (Å²) >= 11 is 0. The Balaban J connectivity index is 2.32. The molecule has 0 saturated heterocycles. The number of imidazole rings is 2. The highest BCUT2D eigenvalue weighted by Crippen LogP contribution is 2.09. The Morgan fingerprint density at radius 3 is 1.29 bits per heavy atom. The van der Waals surface area contributed by atoms with E-state index < -0.39 is 0 Å². The Labute approximate surface area is 101 Å². The molecule has 0 fully saturated rings. The highest BCUT2D eigenvalue weighted by Gasteiger charge is 1.97. The molecule has 0 atom stereocenters. The first-order valence-electron chi connectivity index (χ1n) is 5.35. The lowest BCUT2D eigenvalue weighted by Crippen LogP contribution is -2.21. The van der Waals surface area contributed by atoms with Crippen LogP contribution in [0.1, 0.15) is 0 Å². The molecule has 0 unspecified atom stereocenters. The van der Waals surface area contributed by atoms with Crippen LogP contribution >= 0.6 is 8.88 Å². The van der Waals surface area contributed by atoms with E-state index in [0.29, 0.717) is 0 Å². The van der Waals surface area contributed by atoms with Crippen molar-refractivity contribution >= 4 is 8.88 Å². The van der Waals surface area contributed by atoms with Gasteiger partial charge in [0.15, 0.2) is 0 Å². The van der Waals surface area contributed by atoms with E-state index in [1.165, 1.54) is 0 Å². The quantitative estimate of drug-likeness (QED) is 0.665. The molecule has 2 aromatic rings. The van der Waals surface area contributed by atoms with Gasteiger partial charge in [0.1, 0.15) is 0 Å². The van der Waals surface area contributed by atoms with Gasteiger partial charge in [-0.25, -0.2) is 0 Å². The van der Waals surface area contributed by atoms with Crippen molar-refractivity contribution in [1.82, 2.24) is 18.3 Å². The van der Waals surface area contributed by atoms with Crippen molar-refractivity contribution in [1.29, 1.82) is 0 Å². The first-order chi connectivity index (χ1) is 8.09. The van der Waals surface area contributed by atoms with Crippen molar-refractivity contribution in [3.05, 3.63) is 36.0 Å². The Hall–Kier alpha value is -1.55. The van der Waals surface area contributed by atoms with Gasteiger partial charge in [-0.1, -0.05) is 9.53 Å². The maximum absolute atomic E-state index is 4.54. The summed E-state index contributed by atoms with van der Waals surface area (Å²) in [6.45, 7) is 0. The van der Waals surface area contributed by atoms with Gasteiger partial charge < -0.3 is 18.3 Å². The van der Waals surface area contributed by atoms with Crippen LogP contribution in [0.3, 0.4) is 0 Å². The number of aryl methyl sites for hydroxylation is 4. The van der Waals surface area contributed by atoms with Gasteiger partial charge in [0.2, 0.25) is 20.1 Å². The first-order valence-corrected chi connectivity index (χ1v) is 6.38. The monoisotopic (exact) mass is 253 g/mol. The van der Waals surface area contributed by atoms with E-state index in [2.05, 4.69) is 9.53 Å².